The fraction of sp³-hybridized carbons (Fsp3) is 0.500. The smallest absolute Gasteiger partial charge is 0.265 e. The Hall–Kier alpha value is -0.390. The molecule has 0 bridgehead atoms. The van der Waals surface area contributed by atoms with Crippen molar-refractivity contribution in [1.29, 1.82) is 0 Å². The number of carbonyl (C=O) groups is 1. The van der Waals surface area contributed by atoms with Crippen molar-refractivity contribution >= 4 is 33.2 Å². The molecular weight excluding hydrogens is 278 g/mol. The van der Waals surface area contributed by atoms with Gasteiger partial charge in [-0.25, -0.2) is 0 Å². The Morgan fingerprint density at radius 1 is 1.73 bits per heavy atom. The summed E-state index contributed by atoms with van der Waals surface area (Å²) >= 11 is 4.78. The van der Waals surface area contributed by atoms with E-state index < -0.39 is 0 Å². The highest BCUT2D eigenvalue weighted by Crippen LogP contribution is 2.27. The lowest BCUT2D eigenvalue weighted by atomic mass is 10.2. The zero-order chi connectivity index (χ0) is 11.0. The summed E-state index contributed by atoms with van der Waals surface area (Å²) in [7, 11) is 0. The normalized spacial score (nSPS) is 25.9. The lowest BCUT2D eigenvalue weighted by Gasteiger charge is -2.20. The zero-order valence-electron chi connectivity index (χ0n) is 8.31. The van der Waals surface area contributed by atoms with E-state index in [1.54, 1.807) is 4.90 Å². The standard InChI is InChI=1S/C10H12BrNO2S/c1-6-4-7(13)5-12(6)10(14)9-8(11)2-3-15-9/h2-3,6-7,13H,4-5H2,1H3. The van der Waals surface area contributed by atoms with Crippen LogP contribution in [0, 0.1) is 0 Å². The molecule has 1 N–H and O–H groups in total. The molecule has 15 heavy (non-hydrogen) atoms. The van der Waals surface area contributed by atoms with E-state index in [1.165, 1.54) is 11.3 Å². The van der Waals surface area contributed by atoms with Crippen LogP contribution >= 0.6 is 27.3 Å². The minimum atomic E-state index is -0.373. The van der Waals surface area contributed by atoms with Crippen molar-refractivity contribution < 1.29 is 9.90 Å². The van der Waals surface area contributed by atoms with Crippen molar-refractivity contribution in [2.24, 2.45) is 0 Å². The largest absolute Gasteiger partial charge is 0.391 e. The van der Waals surface area contributed by atoms with Gasteiger partial charge in [0.15, 0.2) is 0 Å². The molecule has 0 radical (unpaired) electrons. The third-order valence-corrected chi connectivity index (χ3v) is 4.45. The number of carbonyl (C=O) groups excluding carboxylic acids is 1. The second-order valence-electron chi connectivity index (χ2n) is 3.79. The third-order valence-electron chi connectivity index (χ3n) is 2.62. The van der Waals surface area contributed by atoms with Crippen LogP contribution in [0.4, 0.5) is 0 Å². The van der Waals surface area contributed by atoms with Crippen LogP contribution in [0.1, 0.15) is 23.0 Å². The van der Waals surface area contributed by atoms with Crippen LogP contribution < -0.4 is 0 Å². The molecular formula is C10H12BrNO2S. The van der Waals surface area contributed by atoms with Gasteiger partial charge in [-0.2, -0.15) is 0 Å². The van der Waals surface area contributed by atoms with Gasteiger partial charge in [0.2, 0.25) is 0 Å². The number of rotatable bonds is 1. The molecule has 1 fully saturated rings. The molecule has 0 spiro atoms. The van der Waals surface area contributed by atoms with Gasteiger partial charge in [0.1, 0.15) is 4.88 Å². The minimum Gasteiger partial charge on any atom is -0.391 e. The van der Waals surface area contributed by atoms with Gasteiger partial charge >= 0.3 is 0 Å². The number of aliphatic hydroxyl groups is 1. The van der Waals surface area contributed by atoms with Crippen molar-refractivity contribution in [3.63, 3.8) is 0 Å². The topological polar surface area (TPSA) is 40.5 Å². The molecule has 1 aliphatic heterocycles. The summed E-state index contributed by atoms with van der Waals surface area (Å²) in [5.41, 5.74) is 0. The summed E-state index contributed by atoms with van der Waals surface area (Å²) in [6.07, 6.45) is 0.303. The van der Waals surface area contributed by atoms with E-state index >= 15 is 0 Å². The monoisotopic (exact) mass is 289 g/mol. The maximum absolute atomic E-state index is 12.1. The SMILES string of the molecule is CC1CC(O)CN1C(=O)c1sccc1Br. The number of hydrogen-bond acceptors (Lipinski definition) is 3. The number of thiophene rings is 1. The summed E-state index contributed by atoms with van der Waals surface area (Å²) < 4.78 is 0.839. The first kappa shape index (κ1) is 11.1. The highest BCUT2D eigenvalue weighted by molar-refractivity contribution is 9.10. The molecule has 2 unspecified atom stereocenters. The first-order chi connectivity index (χ1) is 7.09. The van der Waals surface area contributed by atoms with Crippen LogP contribution in [0.3, 0.4) is 0 Å². The number of amides is 1. The molecule has 0 aliphatic carbocycles. The Morgan fingerprint density at radius 2 is 2.47 bits per heavy atom. The van der Waals surface area contributed by atoms with Crippen LogP contribution in [0.2, 0.25) is 0 Å². The van der Waals surface area contributed by atoms with Crippen molar-refractivity contribution in [3.05, 3.63) is 20.8 Å². The molecule has 2 rings (SSSR count). The molecule has 1 aliphatic rings. The molecule has 5 heteroatoms. The van der Waals surface area contributed by atoms with E-state index in [4.69, 9.17) is 0 Å². The average molecular weight is 290 g/mol. The number of hydrogen-bond donors (Lipinski definition) is 1. The first-order valence-electron chi connectivity index (χ1n) is 4.81. The van der Waals surface area contributed by atoms with E-state index in [0.717, 1.165) is 9.35 Å². The van der Waals surface area contributed by atoms with E-state index in [-0.39, 0.29) is 18.1 Å². The van der Waals surface area contributed by atoms with Gasteiger partial charge in [0.05, 0.1) is 6.10 Å². The van der Waals surface area contributed by atoms with Crippen molar-refractivity contribution in [3.8, 4) is 0 Å². The van der Waals surface area contributed by atoms with Gasteiger partial charge < -0.3 is 10.0 Å². The lowest BCUT2D eigenvalue weighted by Crippen LogP contribution is -2.34. The second kappa shape index (κ2) is 4.23. The summed E-state index contributed by atoms with van der Waals surface area (Å²) in [4.78, 5) is 14.5. The Labute approximate surface area is 101 Å². The predicted molar refractivity (Wildman–Crippen MR) is 63.1 cm³/mol. The van der Waals surface area contributed by atoms with Gasteiger partial charge in [0.25, 0.3) is 5.91 Å². The third kappa shape index (κ3) is 2.09. The van der Waals surface area contributed by atoms with E-state index in [2.05, 4.69) is 15.9 Å². The molecule has 2 heterocycles. The van der Waals surface area contributed by atoms with Crippen molar-refractivity contribution in [1.82, 2.24) is 4.90 Å². The maximum Gasteiger partial charge on any atom is 0.265 e. The molecule has 82 valence electrons. The van der Waals surface area contributed by atoms with Crippen LogP contribution in [-0.2, 0) is 0 Å². The van der Waals surface area contributed by atoms with E-state index in [1.807, 2.05) is 18.4 Å². The Balaban J connectivity index is 2.19. The van der Waals surface area contributed by atoms with E-state index in [9.17, 15) is 9.90 Å². The van der Waals surface area contributed by atoms with Crippen LogP contribution in [-0.4, -0.2) is 34.6 Å². The van der Waals surface area contributed by atoms with Crippen LogP contribution in [0.25, 0.3) is 0 Å². The van der Waals surface area contributed by atoms with Gasteiger partial charge in [-0.05, 0) is 40.7 Å². The number of β-amino-alcohol motifs (C(OH)–C–C–N with tert-alkyl or cyclic N) is 1. The minimum absolute atomic E-state index is 0.0147. The fourth-order valence-electron chi connectivity index (χ4n) is 1.86. The maximum atomic E-state index is 12.1. The molecule has 3 nitrogen and oxygen atoms in total. The number of nitrogens with zero attached hydrogens (tertiary/aromatic N) is 1. The van der Waals surface area contributed by atoms with Crippen molar-refractivity contribution in [2.45, 2.75) is 25.5 Å². The highest BCUT2D eigenvalue weighted by Gasteiger charge is 2.32. The number of aliphatic hydroxyl groups excluding tert-OH is 1. The van der Waals surface area contributed by atoms with Gasteiger partial charge in [-0.1, -0.05) is 0 Å². The summed E-state index contributed by atoms with van der Waals surface area (Å²) in [5.74, 6) is 0.0147. The summed E-state index contributed by atoms with van der Waals surface area (Å²) in [6, 6.07) is 2.00. The number of likely N-dealkylation sites (tertiary alicyclic amines) is 1. The van der Waals surface area contributed by atoms with Gasteiger partial charge in [-0.3, -0.25) is 4.79 Å². The molecule has 1 aromatic rings. The molecule has 2 atom stereocenters. The average Bonchev–Trinajstić information content (AvgIpc) is 2.71. The highest BCUT2D eigenvalue weighted by atomic mass is 79.9. The molecule has 0 saturated carbocycles. The van der Waals surface area contributed by atoms with Crippen LogP contribution in [0.15, 0.2) is 15.9 Å². The Bertz CT molecular complexity index is 379. The molecule has 0 aromatic carbocycles. The van der Waals surface area contributed by atoms with Crippen molar-refractivity contribution in [2.75, 3.05) is 6.54 Å². The Kier molecular flexibility index (Phi) is 3.13. The zero-order valence-corrected chi connectivity index (χ0v) is 10.7. The molecule has 1 saturated heterocycles. The molecule has 1 amide bonds. The number of halogens is 1. The molecule has 1 aromatic heterocycles. The van der Waals surface area contributed by atoms with Gasteiger partial charge in [-0.15, -0.1) is 11.3 Å². The van der Waals surface area contributed by atoms with E-state index in [0.29, 0.717) is 13.0 Å². The second-order valence-corrected chi connectivity index (χ2v) is 5.56. The predicted octanol–water partition coefficient (Wildman–Crippen LogP) is 2.11. The fourth-order valence-corrected chi connectivity index (χ4v) is 3.36. The summed E-state index contributed by atoms with van der Waals surface area (Å²) in [6.45, 7) is 2.42. The van der Waals surface area contributed by atoms with Gasteiger partial charge in [0, 0.05) is 17.1 Å². The lowest BCUT2D eigenvalue weighted by molar-refractivity contribution is 0.0730. The van der Waals surface area contributed by atoms with Crippen LogP contribution in [0.5, 0.6) is 0 Å². The Morgan fingerprint density at radius 3 is 2.93 bits per heavy atom. The first-order valence-corrected chi connectivity index (χ1v) is 6.49. The summed E-state index contributed by atoms with van der Waals surface area (Å²) in [5, 5.41) is 11.4. The quantitative estimate of drug-likeness (QED) is 0.860.